The van der Waals surface area contributed by atoms with E-state index in [0.717, 1.165) is 5.56 Å². The summed E-state index contributed by atoms with van der Waals surface area (Å²) in [5.74, 6) is 0.339. The van der Waals surface area contributed by atoms with Gasteiger partial charge >= 0.3 is 0 Å². The third-order valence-corrected chi connectivity index (χ3v) is 3.15. The molecule has 0 saturated heterocycles. The zero-order valence-corrected chi connectivity index (χ0v) is 12.2. The average molecular weight is 305 g/mol. The Morgan fingerprint density at radius 3 is 2.67 bits per heavy atom. The van der Waals surface area contributed by atoms with Crippen LogP contribution in [0.25, 0.3) is 0 Å². The Labute approximate surface area is 128 Å². The van der Waals surface area contributed by atoms with Gasteiger partial charge in [0.2, 0.25) is 0 Å². The van der Waals surface area contributed by atoms with Crippen molar-refractivity contribution < 1.29 is 9.53 Å². The van der Waals surface area contributed by atoms with E-state index in [1.54, 1.807) is 24.3 Å². The minimum Gasteiger partial charge on any atom is -0.484 e. The molecule has 110 valence electrons. The van der Waals surface area contributed by atoms with Gasteiger partial charge in [-0.2, -0.15) is 0 Å². The molecule has 0 heterocycles. The Hall–Kier alpha value is -2.04. The largest absolute Gasteiger partial charge is 0.484 e. The van der Waals surface area contributed by atoms with Crippen molar-refractivity contribution in [3.8, 4) is 5.75 Å². The molecule has 5 heteroatoms. The number of carbonyl (C=O) groups is 1. The van der Waals surface area contributed by atoms with E-state index in [0.29, 0.717) is 17.3 Å². The molecule has 21 heavy (non-hydrogen) atoms. The van der Waals surface area contributed by atoms with Crippen molar-refractivity contribution in [2.75, 3.05) is 13.2 Å². The van der Waals surface area contributed by atoms with E-state index in [-0.39, 0.29) is 18.6 Å². The number of halogens is 1. The number of hydrogen-bond donors (Lipinski definition) is 2. The van der Waals surface area contributed by atoms with Gasteiger partial charge in [0.05, 0.1) is 0 Å². The van der Waals surface area contributed by atoms with Crippen LogP contribution in [0.15, 0.2) is 54.6 Å². The zero-order valence-electron chi connectivity index (χ0n) is 11.5. The maximum atomic E-state index is 11.7. The van der Waals surface area contributed by atoms with Crippen LogP contribution in [0.5, 0.6) is 5.75 Å². The van der Waals surface area contributed by atoms with Crippen LogP contribution < -0.4 is 15.8 Å². The highest BCUT2D eigenvalue weighted by Gasteiger charge is 2.08. The second-order valence-electron chi connectivity index (χ2n) is 4.57. The molecule has 2 rings (SSSR count). The van der Waals surface area contributed by atoms with Crippen LogP contribution >= 0.6 is 11.6 Å². The molecule has 0 fully saturated rings. The number of rotatable bonds is 6. The van der Waals surface area contributed by atoms with Crippen LogP contribution in [-0.4, -0.2) is 19.1 Å². The summed E-state index contributed by atoms with van der Waals surface area (Å²) >= 11 is 5.83. The van der Waals surface area contributed by atoms with E-state index < -0.39 is 0 Å². The molecule has 0 aromatic heterocycles. The number of carbonyl (C=O) groups excluding carboxylic acids is 1. The minimum atomic E-state index is -0.235. The number of benzene rings is 2. The van der Waals surface area contributed by atoms with E-state index in [2.05, 4.69) is 5.32 Å². The summed E-state index contributed by atoms with van der Waals surface area (Å²) in [6.45, 7) is 0.295. The normalized spacial score (nSPS) is 11.7. The lowest BCUT2D eigenvalue weighted by atomic mass is 10.1. The van der Waals surface area contributed by atoms with E-state index in [4.69, 9.17) is 22.1 Å². The smallest absolute Gasteiger partial charge is 0.258 e. The number of ether oxygens (including phenoxy) is 1. The van der Waals surface area contributed by atoms with E-state index in [9.17, 15) is 4.79 Å². The van der Waals surface area contributed by atoms with Crippen molar-refractivity contribution in [3.63, 3.8) is 0 Å². The third-order valence-electron chi connectivity index (χ3n) is 2.91. The highest BCUT2D eigenvalue weighted by molar-refractivity contribution is 6.30. The van der Waals surface area contributed by atoms with Crippen molar-refractivity contribution in [1.29, 1.82) is 0 Å². The van der Waals surface area contributed by atoms with Gasteiger partial charge in [-0.15, -0.1) is 0 Å². The molecule has 0 spiro atoms. The molecular formula is C16H17ClN2O2. The summed E-state index contributed by atoms with van der Waals surface area (Å²) in [6.07, 6.45) is 0. The Morgan fingerprint density at radius 1 is 1.19 bits per heavy atom. The van der Waals surface area contributed by atoms with Gasteiger partial charge in [0.25, 0.3) is 5.91 Å². The van der Waals surface area contributed by atoms with Gasteiger partial charge < -0.3 is 15.8 Å². The van der Waals surface area contributed by atoms with Crippen molar-refractivity contribution in [2.45, 2.75) is 6.04 Å². The second-order valence-corrected chi connectivity index (χ2v) is 5.00. The predicted molar refractivity (Wildman–Crippen MR) is 83.3 cm³/mol. The molecule has 0 aliphatic carbocycles. The average Bonchev–Trinajstić information content (AvgIpc) is 2.51. The van der Waals surface area contributed by atoms with Gasteiger partial charge in [-0.05, 0) is 23.8 Å². The molecule has 1 atom stereocenters. The van der Waals surface area contributed by atoms with Crippen LogP contribution in [0.3, 0.4) is 0 Å². The molecule has 2 aromatic rings. The lowest BCUT2D eigenvalue weighted by molar-refractivity contribution is -0.123. The van der Waals surface area contributed by atoms with Gasteiger partial charge in [0.1, 0.15) is 5.75 Å². The summed E-state index contributed by atoms with van der Waals surface area (Å²) in [4.78, 5) is 11.7. The minimum absolute atomic E-state index is 0.0676. The molecule has 2 aromatic carbocycles. The topological polar surface area (TPSA) is 64.3 Å². The molecule has 0 aliphatic heterocycles. The molecule has 0 bridgehead atoms. The fourth-order valence-electron chi connectivity index (χ4n) is 1.80. The van der Waals surface area contributed by atoms with Gasteiger partial charge in [0, 0.05) is 17.6 Å². The maximum absolute atomic E-state index is 11.7. The highest BCUT2D eigenvalue weighted by atomic mass is 35.5. The van der Waals surface area contributed by atoms with E-state index >= 15 is 0 Å². The fraction of sp³-hybridized carbons (Fsp3) is 0.188. The number of amides is 1. The summed E-state index contributed by atoms with van der Waals surface area (Å²) in [6, 6.07) is 16.3. The zero-order chi connectivity index (χ0) is 15.1. The van der Waals surface area contributed by atoms with Crippen LogP contribution in [0.2, 0.25) is 5.02 Å². The van der Waals surface area contributed by atoms with Crippen LogP contribution in [0, 0.1) is 0 Å². The molecular weight excluding hydrogens is 288 g/mol. The van der Waals surface area contributed by atoms with Crippen molar-refractivity contribution in [1.82, 2.24) is 5.32 Å². The summed E-state index contributed by atoms with van der Waals surface area (Å²) in [7, 11) is 0. The summed E-state index contributed by atoms with van der Waals surface area (Å²) in [5, 5.41) is 3.31. The lowest BCUT2D eigenvalue weighted by Gasteiger charge is -2.13. The van der Waals surface area contributed by atoms with Gasteiger partial charge in [-0.1, -0.05) is 48.0 Å². The van der Waals surface area contributed by atoms with Crippen LogP contribution in [0.1, 0.15) is 11.6 Å². The van der Waals surface area contributed by atoms with Crippen molar-refractivity contribution >= 4 is 17.5 Å². The maximum Gasteiger partial charge on any atom is 0.258 e. The first-order valence-electron chi connectivity index (χ1n) is 6.61. The van der Waals surface area contributed by atoms with E-state index in [1.807, 2.05) is 30.3 Å². The molecule has 3 N–H and O–H groups in total. The molecule has 4 nitrogen and oxygen atoms in total. The predicted octanol–water partition coefficient (Wildman–Crippen LogP) is 2.54. The molecule has 0 aliphatic rings. The highest BCUT2D eigenvalue weighted by Crippen LogP contribution is 2.16. The first-order valence-corrected chi connectivity index (χ1v) is 6.98. The Bertz CT molecular complexity index is 590. The number of nitrogens with one attached hydrogen (secondary N) is 1. The van der Waals surface area contributed by atoms with Crippen LogP contribution in [0.4, 0.5) is 0 Å². The molecule has 0 saturated carbocycles. The van der Waals surface area contributed by atoms with Gasteiger partial charge in [0.15, 0.2) is 6.61 Å². The standard InChI is InChI=1S/C16H17ClN2O2/c17-13-7-4-8-14(9-13)21-11-16(20)19-10-15(18)12-5-2-1-3-6-12/h1-9,15H,10-11,18H2,(H,19,20). The summed E-state index contributed by atoms with van der Waals surface area (Å²) in [5.41, 5.74) is 6.98. The Kier molecular flexibility index (Phi) is 5.60. The fourth-order valence-corrected chi connectivity index (χ4v) is 1.98. The first kappa shape index (κ1) is 15.4. The monoisotopic (exact) mass is 304 g/mol. The molecule has 0 radical (unpaired) electrons. The number of nitrogens with two attached hydrogens (primary N) is 1. The van der Waals surface area contributed by atoms with Gasteiger partial charge in [-0.3, -0.25) is 4.79 Å². The quantitative estimate of drug-likeness (QED) is 0.862. The lowest BCUT2D eigenvalue weighted by Crippen LogP contribution is -2.35. The molecule has 1 amide bonds. The first-order chi connectivity index (χ1) is 10.1. The van der Waals surface area contributed by atoms with Crippen molar-refractivity contribution in [2.24, 2.45) is 5.73 Å². The SMILES string of the molecule is NC(CNC(=O)COc1cccc(Cl)c1)c1ccccc1. The second kappa shape index (κ2) is 7.67. The molecule has 1 unspecified atom stereocenters. The van der Waals surface area contributed by atoms with Gasteiger partial charge in [-0.25, -0.2) is 0 Å². The van der Waals surface area contributed by atoms with Crippen molar-refractivity contribution in [3.05, 3.63) is 65.2 Å². The Balaban J connectivity index is 1.75. The number of hydrogen-bond acceptors (Lipinski definition) is 3. The summed E-state index contributed by atoms with van der Waals surface area (Å²) < 4.78 is 5.35. The third kappa shape index (κ3) is 5.10. The van der Waals surface area contributed by atoms with Crippen LogP contribution in [-0.2, 0) is 4.79 Å². The van der Waals surface area contributed by atoms with E-state index in [1.165, 1.54) is 0 Å². The Morgan fingerprint density at radius 2 is 1.95 bits per heavy atom.